The highest BCUT2D eigenvalue weighted by molar-refractivity contribution is 4.61. The van der Waals surface area contributed by atoms with Crippen molar-refractivity contribution in [3.63, 3.8) is 0 Å². The Labute approximate surface area is 89.4 Å². The van der Waals surface area contributed by atoms with Gasteiger partial charge in [0.05, 0.1) is 5.60 Å². The summed E-state index contributed by atoms with van der Waals surface area (Å²) in [5.74, 6) is 0.712. The molecule has 1 unspecified atom stereocenters. The third-order valence-corrected chi connectivity index (χ3v) is 2.07. The van der Waals surface area contributed by atoms with Gasteiger partial charge < -0.3 is 10.1 Å². The van der Waals surface area contributed by atoms with Crippen LogP contribution in [0.4, 0.5) is 0 Å². The van der Waals surface area contributed by atoms with Crippen molar-refractivity contribution in [2.45, 2.75) is 53.1 Å². The van der Waals surface area contributed by atoms with Crippen molar-refractivity contribution < 1.29 is 4.74 Å². The van der Waals surface area contributed by atoms with Crippen LogP contribution in [0.3, 0.4) is 0 Å². The minimum Gasteiger partial charge on any atom is -0.376 e. The maximum Gasteiger partial charge on any atom is 0.0598 e. The molecule has 0 aliphatic carbocycles. The van der Waals surface area contributed by atoms with Gasteiger partial charge in [0.25, 0.3) is 0 Å². The normalized spacial score (nSPS) is 14.4. The fourth-order valence-electron chi connectivity index (χ4n) is 1.19. The summed E-state index contributed by atoms with van der Waals surface area (Å²) >= 11 is 0. The van der Waals surface area contributed by atoms with Crippen LogP contribution in [0, 0.1) is 5.92 Å². The molecule has 0 aliphatic heterocycles. The monoisotopic (exact) mass is 201 g/mol. The lowest BCUT2D eigenvalue weighted by Gasteiger charge is -2.21. The predicted octanol–water partition coefficient (Wildman–Crippen LogP) is 2.83. The number of hydrogen-bond donors (Lipinski definition) is 1. The van der Waals surface area contributed by atoms with Crippen molar-refractivity contribution in [2.24, 2.45) is 5.92 Å². The smallest absolute Gasteiger partial charge is 0.0598 e. The molecular formula is C12H27NO. The maximum atomic E-state index is 5.68. The Morgan fingerprint density at radius 3 is 2.43 bits per heavy atom. The summed E-state index contributed by atoms with van der Waals surface area (Å²) < 4.78 is 5.68. The van der Waals surface area contributed by atoms with Gasteiger partial charge in [0.2, 0.25) is 0 Å². The second-order valence-corrected chi connectivity index (χ2v) is 5.06. The van der Waals surface area contributed by atoms with E-state index in [0.29, 0.717) is 5.92 Å². The van der Waals surface area contributed by atoms with E-state index in [4.69, 9.17) is 4.74 Å². The van der Waals surface area contributed by atoms with Gasteiger partial charge in [0.15, 0.2) is 0 Å². The summed E-state index contributed by atoms with van der Waals surface area (Å²) in [5, 5.41) is 3.43. The topological polar surface area (TPSA) is 21.3 Å². The zero-order chi connectivity index (χ0) is 11.0. The number of rotatable bonds is 7. The van der Waals surface area contributed by atoms with Crippen LogP contribution in [0.1, 0.15) is 47.5 Å². The molecule has 0 aromatic carbocycles. The van der Waals surface area contributed by atoms with Gasteiger partial charge in [-0.05, 0) is 52.6 Å². The van der Waals surface area contributed by atoms with Crippen molar-refractivity contribution in [3.05, 3.63) is 0 Å². The van der Waals surface area contributed by atoms with Crippen LogP contribution in [0.5, 0.6) is 0 Å². The van der Waals surface area contributed by atoms with Gasteiger partial charge in [0.1, 0.15) is 0 Å². The molecule has 2 nitrogen and oxygen atoms in total. The average molecular weight is 201 g/mol. The second-order valence-electron chi connectivity index (χ2n) is 5.06. The Balaban J connectivity index is 3.31. The third kappa shape index (κ3) is 10.0. The summed E-state index contributed by atoms with van der Waals surface area (Å²) in [6, 6.07) is 0. The SMILES string of the molecule is CCCNCC(C)CCOC(C)(C)C. The lowest BCUT2D eigenvalue weighted by Crippen LogP contribution is -2.25. The van der Waals surface area contributed by atoms with E-state index in [1.54, 1.807) is 0 Å². The number of ether oxygens (including phenoxy) is 1. The fourth-order valence-corrected chi connectivity index (χ4v) is 1.19. The van der Waals surface area contributed by atoms with Crippen molar-refractivity contribution in [2.75, 3.05) is 19.7 Å². The van der Waals surface area contributed by atoms with Gasteiger partial charge in [-0.25, -0.2) is 0 Å². The molecule has 1 atom stereocenters. The molecule has 2 heteroatoms. The Morgan fingerprint density at radius 2 is 1.93 bits per heavy atom. The van der Waals surface area contributed by atoms with E-state index in [9.17, 15) is 0 Å². The first kappa shape index (κ1) is 13.9. The van der Waals surface area contributed by atoms with Crippen LogP contribution in [0.15, 0.2) is 0 Å². The van der Waals surface area contributed by atoms with E-state index in [2.05, 4.69) is 39.9 Å². The summed E-state index contributed by atoms with van der Waals surface area (Å²) in [6.45, 7) is 13.9. The lowest BCUT2D eigenvalue weighted by molar-refractivity contribution is -0.00842. The summed E-state index contributed by atoms with van der Waals surface area (Å²) in [5.41, 5.74) is 0.0105. The second kappa shape index (κ2) is 7.24. The molecule has 0 saturated heterocycles. The van der Waals surface area contributed by atoms with Gasteiger partial charge in [-0.2, -0.15) is 0 Å². The van der Waals surface area contributed by atoms with Crippen LogP contribution in [0.25, 0.3) is 0 Å². The molecule has 0 heterocycles. The Bertz CT molecular complexity index is 129. The minimum atomic E-state index is 0.0105. The molecule has 86 valence electrons. The van der Waals surface area contributed by atoms with Gasteiger partial charge >= 0.3 is 0 Å². The van der Waals surface area contributed by atoms with E-state index < -0.39 is 0 Å². The Morgan fingerprint density at radius 1 is 1.29 bits per heavy atom. The quantitative estimate of drug-likeness (QED) is 0.640. The highest BCUT2D eigenvalue weighted by atomic mass is 16.5. The van der Waals surface area contributed by atoms with Gasteiger partial charge in [-0.3, -0.25) is 0 Å². The summed E-state index contributed by atoms with van der Waals surface area (Å²) in [4.78, 5) is 0. The predicted molar refractivity (Wildman–Crippen MR) is 62.6 cm³/mol. The molecule has 0 aliphatic rings. The highest BCUT2D eigenvalue weighted by Crippen LogP contribution is 2.09. The molecule has 0 spiro atoms. The fraction of sp³-hybridized carbons (Fsp3) is 1.00. The van der Waals surface area contributed by atoms with Crippen LogP contribution in [-0.2, 0) is 4.74 Å². The van der Waals surface area contributed by atoms with E-state index >= 15 is 0 Å². The third-order valence-electron chi connectivity index (χ3n) is 2.07. The Kier molecular flexibility index (Phi) is 7.20. The maximum absolute atomic E-state index is 5.68. The molecular weight excluding hydrogens is 174 g/mol. The van der Waals surface area contributed by atoms with Crippen LogP contribution in [0.2, 0.25) is 0 Å². The highest BCUT2D eigenvalue weighted by Gasteiger charge is 2.10. The first-order valence-corrected chi connectivity index (χ1v) is 5.80. The van der Waals surface area contributed by atoms with Crippen molar-refractivity contribution in [1.82, 2.24) is 5.32 Å². The van der Waals surface area contributed by atoms with Gasteiger partial charge in [0, 0.05) is 6.61 Å². The molecule has 0 radical (unpaired) electrons. The van der Waals surface area contributed by atoms with Crippen molar-refractivity contribution in [1.29, 1.82) is 0 Å². The minimum absolute atomic E-state index is 0.0105. The largest absolute Gasteiger partial charge is 0.376 e. The molecule has 0 fully saturated rings. The molecule has 14 heavy (non-hydrogen) atoms. The van der Waals surface area contributed by atoms with Crippen molar-refractivity contribution in [3.8, 4) is 0 Å². The lowest BCUT2D eigenvalue weighted by atomic mass is 10.1. The van der Waals surface area contributed by atoms with E-state index in [-0.39, 0.29) is 5.60 Å². The number of nitrogens with one attached hydrogen (secondary N) is 1. The van der Waals surface area contributed by atoms with Gasteiger partial charge in [-0.1, -0.05) is 13.8 Å². The molecule has 0 amide bonds. The molecule has 0 bridgehead atoms. The molecule has 0 aromatic heterocycles. The summed E-state index contributed by atoms with van der Waals surface area (Å²) in [7, 11) is 0. The van der Waals surface area contributed by atoms with E-state index in [0.717, 1.165) is 26.1 Å². The van der Waals surface area contributed by atoms with Crippen LogP contribution >= 0.6 is 0 Å². The Hall–Kier alpha value is -0.0800. The standard InChI is InChI=1S/C12H27NO/c1-6-8-13-10-11(2)7-9-14-12(3,4)5/h11,13H,6-10H2,1-5H3. The van der Waals surface area contributed by atoms with Crippen LogP contribution in [-0.4, -0.2) is 25.3 Å². The van der Waals surface area contributed by atoms with Gasteiger partial charge in [-0.15, -0.1) is 0 Å². The molecule has 0 aromatic rings. The average Bonchev–Trinajstić information content (AvgIpc) is 2.02. The zero-order valence-electron chi connectivity index (χ0n) is 10.5. The molecule has 0 rings (SSSR count). The van der Waals surface area contributed by atoms with Crippen LogP contribution < -0.4 is 5.32 Å². The summed E-state index contributed by atoms with van der Waals surface area (Å²) in [6.07, 6.45) is 2.36. The van der Waals surface area contributed by atoms with E-state index in [1.165, 1.54) is 6.42 Å². The van der Waals surface area contributed by atoms with Crippen molar-refractivity contribution >= 4 is 0 Å². The molecule has 1 N–H and O–H groups in total. The molecule has 0 saturated carbocycles. The number of hydrogen-bond acceptors (Lipinski definition) is 2. The zero-order valence-corrected chi connectivity index (χ0v) is 10.5. The first-order chi connectivity index (χ1) is 6.45. The first-order valence-electron chi connectivity index (χ1n) is 5.80. The van der Waals surface area contributed by atoms with E-state index in [1.807, 2.05) is 0 Å².